The first-order valence-electron chi connectivity index (χ1n) is 8.30. The Morgan fingerprint density at radius 3 is 2.18 bits per heavy atom. The van der Waals surface area contributed by atoms with E-state index in [0.29, 0.717) is 11.1 Å². The zero-order chi connectivity index (χ0) is 20.6. The van der Waals surface area contributed by atoms with Crippen LogP contribution in [0, 0.1) is 5.41 Å². The maximum atomic E-state index is 12.8. The third kappa shape index (κ3) is 3.77. The van der Waals surface area contributed by atoms with Crippen LogP contribution in [0.3, 0.4) is 0 Å². The summed E-state index contributed by atoms with van der Waals surface area (Å²) in [5.41, 5.74) is -4.66. The van der Waals surface area contributed by atoms with Gasteiger partial charge < -0.3 is 9.29 Å². The lowest BCUT2D eigenvalue weighted by Crippen LogP contribution is -2.30. The number of phenolic OH excluding ortho intramolecular Hbond substituents is 1. The first kappa shape index (κ1) is 20.0. The van der Waals surface area contributed by atoms with Crippen molar-refractivity contribution in [3.05, 3.63) is 83.6 Å². The quantitative estimate of drug-likeness (QED) is 0.569. The zero-order valence-corrected chi connectivity index (χ0v) is 15.6. The van der Waals surface area contributed by atoms with Crippen LogP contribution in [-0.2, 0) is 20.7 Å². The molecular formula is C20H17F3O4S. The van der Waals surface area contributed by atoms with Gasteiger partial charge in [-0.2, -0.15) is 21.6 Å². The first-order chi connectivity index (χ1) is 13.0. The Hall–Kier alpha value is -2.74. The Bertz CT molecular complexity index is 1020. The summed E-state index contributed by atoms with van der Waals surface area (Å²) < 4.78 is 66.3. The van der Waals surface area contributed by atoms with Crippen LogP contribution < -0.4 is 0 Å². The molecule has 4 nitrogen and oxygen atoms in total. The predicted molar refractivity (Wildman–Crippen MR) is 98.5 cm³/mol. The minimum Gasteiger partial charge on any atom is -0.508 e. The SMILES string of the molecule is C[C@@]1(Cc2ccccc2)C(OS(=O)(=O)C(F)(F)F)=CC=C1c1ccc(O)cc1. The predicted octanol–water partition coefficient (Wildman–Crippen LogP) is 4.79. The number of alkyl halides is 3. The monoisotopic (exact) mass is 410 g/mol. The second-order valence-corrected chi connectivity index (χ2v) is 8.17. The third-order valence-corrected chi connectivity index (χ3v) is 5.57. The first-order valence-corrected chi connectivity index (χ1v) is 9.71. The fraction of sp³-hybridized carbons (Fsp3) is 0.200. The Morgan fingerprint density at radius 1 is 1.00 bits per heavy atom. The number of rotatable bonds is 5. The lowest BCUT2D eigenvalue weighted by Gasteiger charge is -2.31. The van der Waals surface area contributed by atoms with E-state index in [1.807, 2.05) is 0 Å². The largest absolute Gasteiger partial charge is 0.534 e. The van der Waals surface area contributed by atoms with Gasteiger partial charge >= 0.3 is 15.6 Å². The van der Waals surface area contributed by atoms with Crippen molar-refractivity contribution in [2.45, 2.75) is 18.9 Å². The molecule has 1 aliphatic rings. The van der Waals surface area contributed by atoms with Gasteiger partial charge in [0.05, 0.1) is 5.41 Å². The number of halogens is 3. The summed E-state index contributed by atoms with van der Waals surface area (Å²) in [4.78, 5) is 0. The van der Waals surface area contributed by atoms with Crippen LogP contribution >= 0.6 is 0 Å². The molecule has 28 heavy (non-hydrogen) atoms. The molecule has 0 unspecified atom stereocenters. The molecule has 0 spiro atoms. The highest BCUT2D eigenvalue weighted by Crippen LogP contribution is 2.49. The van der Waals surface area contributed by atoms with Gasteiger partial charge in [0.2, 0.25) is 0 Å². The minimum absolute atomic E-state index is 0.0381. The molecule has 0 saturated heterocycles. The van der Waals surface area contributed by atoms with Crippen molar-refractivity contribution in [3.63, 3.8) is 0 Å². The molecule has 3 rings (SSSR count). The van der Waals surface area contributed by atoms with Gasteiger partial charge in [0, 0.05) is 0 Å². The average molecular weight is 410 g/mol. The van der Waals surface area contributed by atoms with Gasteiger partial charge in [-0.05, 0) is 48.3 Å². The van der Waals surface area contributed by atoms with E-state index in [4.69, 9.17) is 0 Å². The zero-order valence-electron chi connectivity index (χ0n) is 14.8. The summed E-state index contributed by atoms with van der Waals surface area (Å²) in [6.07, 6.45) is 3.00. The molecule has 8 heteroatoms. The highest BCUT2D eigenvalue weighted by molar-refractivity contribution is 7.87. The highest BCUT2D eigenvalue weighted by atomic mass is 32.2. The number of benzene rings is 2. The lowest BCUT2D eigenvalue weighted by molar-refractivity contribution is -0.0528. The molecule has 2 aromatic rings. The number of aromatic hydroxyl groups is 1. The van der Waals surface area contributed by atoms with Crippen molar-refractivity contribution in [2.24, 2.45) is 5.41 Å². The van der Waals surface area contributed by atoms with Gasteiger partial charge in [0.15, 0.2) is 0 Å². The van der Waals surface area contributed by atoms with Crippen molar-refractivity contribution in [1.29, 1.82) is 0 Å². The smallest absolute Gasteiger partial charge is 0.508 e. The summed E-state index contributed by atoms with van der Waals surface area (Å²) in [5, 5.41) is 9.50. The van der Waals surface area contributed by atoms with Crippen molar-refractivity contribution >= 4 is 15.7 Å². The third-order valence-electron chi connectivity index (χ3n) is 4.60. The Labute approximate surface area is 160 Å². The Balaban J connectivity index is 2.02. The normalized spacial score (nSPS) is 19.9. The second-order valence-electron chi connectivity index (χ2n) is 6.64. The van der Waals surface area contributed by atoms with Gasteiger partial charge in [-0.25, -0.2) is 0 Å². The number of allylic oxidation sites excluding steroid dienone is 3. The van der Waals surface area contributed by atoms with E-state index >= 15 is 0 Å². The standard InChI is InChI=1S/C20H17F3O4S/c1-19(13-14-5-3-2-4-6-14)17(15-7-9-16(24)10-8-15)11-12-18(19)27-28(25,26)20(21,22)23/h2-12,24H,13H2,1H3/t19-/m0/s1. The number of hydrogen-bond acceptors (Lipinski definition) is 4. The van der Waals surface area contributed by atoms with Crippen LogP contribution in [-0.4, -0.2) is 19.0 Å². The lowest BCUT2D eigenvalue weighted by atomic mass is 9.75. The topological polar surface area (TPSA) is 63.6 Å². The molecule has 2 aromatic carbocycles. The summed E-state index contributed by atoms with van der Waals surface area (Å²) in [7, 11) is -5.80. The van der Waals surface area contributed by atoms with Crippen LogP contribution in [0.25, 0.3) is 5.57 Å². The highest BCUT2D eigenvalue weighted by Gasteiger charge is 2.51. The van der Waals surface area contributed by atoms with Gasteiger partial charge in [0.1, 0.15) is 11.5 Å². The van der Waals surface area contributed by atoms with Gasteiger partial charge in [-0.3, -0.25) is 0 Å². The van der Waals surface area contributed by atoms with E-state index in [2.05, 4.69) is 4.18 Å². The van der Waals surface area contributed by atoms with Crippen molar-refractivity contribution in [3.8, 4) is 5.75 Å². The van der Waals surface area contributed by atoms with E-state index in [0.717, 1.165) is 5.56 Å². The van der Waals surface area contributed by atoms with Crippen LogP contribution in [0.2, 0.25) is 0 Å². The molecule has 0 radical (unpaired) electrons. The molecule has 0 aromatic heterocycles. The van der Waals surface area contributed by atoms with E-state index < -0.39 is 21.0 Å². The maximum Gasteiger partial charge on any atom is 0.534 e. The summed E-state index contributed by atoms with van der Waals surface area (Å²) >= 11 is 0. The molecule has 148 valence electrons. The molecular weight excluding hydrogens is 393 g/mol. The van der Waals surface area contributed by atoms with Crippen molar-refractivity contribution in [1.82, 2.24) is 0 Å². The summed E-state index contributed by atoms with van der Waals surface area (Å²) in [6.45, 7) is 1.63. The molecule has 0 heterocycles. The van der Waals surface area contributed by atoms with Gasteiger partial charge in [0.25, 0.3) is 0 Å². The summed E-state index contributed by atoms with van der Waals surface area (Å²) in [6, 6.07) is 15.1. The van der Waals surface area contributed by atoms with E-state index in [9.17, 15) is 26.7 Å². The van der Waals surface area contributed by atoms with E-state index in [1.165, 1.54) is 24.3 Å². The van der Waals surface area contributed by atoms with E-state index in [1.54, 1.807) is 49.4 Å². The van der Waals surface area contributed by atoms with Gasteiger partial charge in [-0.1, -0.05) is 48.5 Å². The maximum absolute atomic E-state index is 12.8. The van der Waals surface area contributed by atoms with Crippen molar-refractivity contribution in [2.75, 3.05) is 0 Å². The Morgan fingerprint density at radius 2 is 1.61 bits per heavy atom. The molecule has 0 bridgehead atoms. The van der Waals surface area contributed by atoms with Crippen LogP contribution in [0.1, 0.15) is 18.1 Å². The molecule has 1 atom stereocenters. The minimum atomic E-state index is -5.80. The summed E-state index contributed by atoms with van der Waals surface area (Å²) in [5.74, 6) is -0.270. The fourth-order valence-corrected chi connectivity index (χ4v) is 3.76. The molecule has 1 N–H and O–H groups in total. The molecule has 1 aliphatic carbocycles. The van der Waals surface area contributed by atoms with E-state index in [-0.39, 0.29) is 17.9 Å². The average Bonchev–Trinajstić information content (AvgIpc) is 2.91. The van der Waals surface area contributed by atoms with Crippen LogP contribution in [0.15, 0.2) is 72.5 Å². The second kappa shape index (κ2) is 7.01. The van der Waals surface area contributed by atoms with Crippen LogP contribution in [0.5, 0.6) is 5.75 Å². The number of hydrogen-bond donors (Lipinski definition) is 1. The van der Waals surface area contributed by atoms with Gasteiger partial charge in [-0.15, -0.1) is 0 Å². The molecule has 0 aliphatic heterocycles. The molecule has 0 fully saturated rings. The molecule has 0 saturated carbocycles. The molecule has 0 amide bonds. The van der Waals surface area contributed by atoms with Crippen molar-refractivity contribution < 1.29 is 30.9 Å². The number of phenols is 1. The fourth-order valence-electron chi connectivity index (χ4n) is 3.19. The van der Waals surface area contributed by atoms with Crippen LogP contribution in [0.4, 0.5) is 13.2 Å². The Kier molecular flexibility index (Phi) is 5.01.